The first-order valence-electron chi connectivity index (χ1n) is 24.3. The molecule has 1 aliphatic rings. The van der Waals surface area contributed by atoms with Crippen LogP contribution in [0.15, 0.2) is 164 Å². The standard InChI is InChI=1S/C60H55N4O.Pt/c1-58(2,3)42-30-31-61-56(36-42)64-52-25-17-16-24-48(52)49-29-28-46(38-55(49)64)65-47-33-43(59(4,5)6)32-45(37-47)62-39-63(54-27-19-18-26-53(54)62)57-50(40-20-12-10-13-21-40)34-44(60(7,8)9)35-51(57)41-22-14-11-15-23-41;/h10-36,39H,1-9H3;/q-3;/i16D,17D,24D,25D;. The Kier molecular flexibility index (Phi) is 10.3. The van der Waals surface area contributed by atoms with Crippen LogP contribution in [0.25, 0.3) is 49.9 Å². The van der Waals surface area contributed by atoms with E-state index in [0.29, 0.717) is 39.1 Å². The summed E-state index contributed by atoms with van der Waals surface area (Å²) >= 11 is 0. The average molecular weight is 1050 g/mol. The van der Waals surface area contributed by atoms with Crippen LogP contribution in [0.5, 0.6) is 11.5 Å². The van der Waals surface area contributed by atoms with E-state index in [4.69, 9.17) is 15.2 Å². The summed E-state index contributed by atoms with van der Waals surface area (Å²) in [6.45, 7) is 21.9. The molecular weight excluding hydrogens is 988 g/mol. The Morgan fingerprint density at radius 1 is 0.561 bits per heavy atom. The average Bonchev–Trinajstić information content (AvgIpc) is 3.88. The quantitative estimate of drug-likeness (QED) is 0.149. The fourth-order valence-electron chi connectivity index (χ4n) is 8.67. The normalized spacial score (nSPS) is 13.8. The summed E-state index contributed by atoms with van der Waals surface area (Å²) in [6.07, 6.45) is 1.74. The molecule has 10 rings (SSSR count). The number of para-hydroxylation sites is 3. The minimum atomic E-state index is -0.311. The summed E-state index contributed by atoms with van der Waals surface area (Å²) in [5.74, 6) is 1.41. The van der Waals surface area contributed by atoms with Crippen molar-refractivity contribution in [3.05, 3.63) is 199 Å². The third-order valence-corrected chi connectivity index (χ3v) is 12.3. The maximum Gasteiger partial charge on any atom is 0.135 e. The maximum atomic E-state index is 9.11. The molecular formula is C60H55N4OPt-3. The third kappa shape index (κ3) is 8.35. The van der Waals surface area contributed by atoms with E-state index in [-0.39, 0.29) is 61.5 Å². The Labute approximate surface area is 410 Å². The molecule has 66 heavy (non-hydrogen) atoms. The zero-order valence-electron chi connectivity index (χ0n) is 42.9. The van der Waals surface area contributed by atoms with Crippen LogP contribution in [0.1, 0.15) is 84.5 Å². The Balaban J connectivity index is 0.00000608. The van der Waals surface area contributed by atoms with Crippen molar-refractivity contribution in [3.8, 4) is 39.6 Å². The van der Waals surface area contributed by atoms with E-state index in [1.54, 1.807) is 16.8 Å². The van der Waals surface area contributed by atoms with Gasteiger partial charge >= 0.3 is 0 Å². The molecule has 0 bridgehead atoms. The van der Waals surface area contributed by atoms with Gasteiger partial charge in [0.25, 0.3) is 0 Å². The third-order valence-electron chi connectivity index (χ3n) is 12.3. The number of hydrogen-bond donors (Lipinski definition) is 0. The second-order valence-corrected chi connectivity index (χ2v) is 20.0. The number of rotatable bonds is 7. The number of fused-ring (bicyclic) bond motifs is 4. The fourth-order valence-corrected chi connectivity index (χ4v) is 8.67. The largest absolute Gasteiger partial charge is 0.509 e. The van der Waals surface area contributed by atoms with Gasteiger partial charge in [0.15, 0.2) is 0 Å². The zero-order valence-corrected chi connectivity index (χ0v) is 41.1. The Bertz CT molecular complexity index is 3400. The van der Waals surface area contributed by atoms with Crippen molar-refractivity contribution in [2.24, 2.45) is 0 Å². The molecule has 334 valence electrons. The molecule has 6 heteroatoms. The SMILES string of the molecule is [2H]c1c([2H])c([2H])c2c(c1[2H])c1ccc(Oc3[c-]c(N4[CH-]N(c5c(-c6ccccc6)cc(C(C)(C)C)cc5-c5ccccc5)c5ccccc54)cc(C(C)(C)C)c3)[c-]c1n2-c1cc(C(C)(C)C)ccn1.[Pt]. The first-order valence-corrected chi connectivity index (χ1v) is 22.3. The molecule has 0 saturated carbocycles. The van der Waals surface area contributed by atoms with E-state index in [9.17, 15) is 0 Å². The predicted octanol–water partition coefficient (Wildman–Crippen LogP) is 16.2. The van der Waals surface area contributed by atoms with Crippen molar-refractivity contribution in [1.29, 1.82) is 0 Å². The molecule has 0 unspecified atom stereocenters. The van der Waals surface area contributed by atoms with E-state index < -0.39 is 0 Å². The first kappa shape index (κ1) is 39.9. The Morgan fingerprint density at radius 2 is 1.14 bits per heavy atom. The molecule has 0 atom stereocenters. The number of benzene rings is 7. The molecule has 0 amide bonds. The van der Waals surface area contributed by atoms with Crippen molar-refractivity contribution >= 4 is 44.6 Å². The molecule has 0 spiro atoms. The van der Waals surface area contributed by atoms with E-state index in [1.165, 1.54) is 5.56 Å². The molecule has 5 nitrogen and oxygen atoms in total. The molecule has 0 radical (unpaired) electrons. The summed E-state index contributed by atoms with van der Waals surface area (Å²) in [6, 6.07) is 52.6. The number of anilines is 4. The molecule has 2 aromatic heterocycles. The summed E-state index contributed by atoms with van der Waals surface area (Å²) in [5.41, 5.74) is 12.0. The zero-order chi connectivity index (χ0) is 48.7. The summed E-state index contributed by atoms with van der Waals surface area (Å²) in [4.78, 5) is 9.28. The smallest absolute Gasteiger partial charge is 0.135 e. The molecule has 0 N–H and O–H groups in total. The van der Waals surface area contributed by atoms with Crippen LogP contribution in [0, 0.1) is 18.8 Å². The van der Waals surface area contributed by atoms with Gasteiger partial charge in [-0.25, -0.2) is 4.98 Å². The molecule has 3 heterocycles. The monoisotopic (exact) mass is 1050 g/mol. The molecule has 0 saturated heterocycles. The van der Waals surface area contributed by atoms with Gasteiger partial charge in [-0.3, -0.25) is 0 Å². The number of ether oxygens (including phenoxy) is 1. The van der Waals surface area contributed by atoms with E-state index in [2.05, 4.69) is 194 Å². The number of nitrogens with zero attached hydrogens (tertiary/aromatic N) is 4. The van der Waals surface area contributed by atoms with Crippen LogP contribution < -0.4 is 14.5 Å². The van der Waals surface area contributed by atoms with Crippen molar-refractivity contribution in [3.63, 3.8) is 0 Å². The van der Waals surface area contributed by atoms with Crippen LogP contribution in [-0.4, -0.2) is 9.55 Å². The molecule has 0 fully saturated rings. The number of pyridine rings is 1. The summed E-state index contributed by atoms with van der Waals surface area (Å²) in [7, 11) is 0. The van der Waals surface area contributed by atoms with Crippen LogP contribution in [0.4, 0.5) is 22.7 Å². The van der Waals surface area contributed by atoms with Crippen LogP contribution in [-0.2, 0) is 37.3 Å². The van der Waals surface area contributed by atoms with E-state index in [1.807, 2.05) is 24.3 Å². The van der Waals surface area contributed by atoms with Gasteiger partial charge in [-0.2, -0.15) is 6.07 Å². The van der Waals surface area contributed by atoms with Gasteiger partial charge in [-0.15, -0.1) is 53.6 Å². The molecule has 9 aromatic rings. The van der Waals surface area contributed by atoms with Crippen LogP contribution >= 0.6 is 0 Å². The Morgan fingerprint density at radius 3 is 1.76 bits per heavy atom. The van der Waals surface area contributed by atoms with Crippen molar-refractivity contribution in [2.75, 3.05) is 9.80 Å². The van der Waals surface area contributed by atoms with Gasteiger partial charge in [0.1, 0.15) is 5.82 Å². The topological polar surface area (TPSA) is 33.5 Å². The van der Waals surface area contributed by atoms with Gasteiger partial charge in [0, 0.05) is 72.5 Å². The second kappa shape index (κ2) is 17.1. The predicted molar refractivity (Wildman–Crippen MR) is 271 cm³/mol. The van der Waals surface area contributed by atoms with Crippen molar-refractivity contribution < 1.29 is 31.3 Å². The van der Waals surface area contributed by atoms with E-state index in [0.717, 1.165) is 56.1 Å². The number of hydrogen-bond acceptors (Lipinski definition) is 4. The molecule has 0 aliphatic carbocycles. The summed E-state index contributed by atoms with van der Waals surface area (Å²) < 4.78 is 44.0. The van der Waals surface area contributed by atoms with Crippen LogP contribution in [0.2, 0.25) is 0 Å². The Hall–Kier alpha value is -6.42. The minimum Gasteiger partial charge on any atom is -0.509 e. The first-order chi connectivity index (χ1) is 32.8. The van der Waals surface area contributed by atoms with Gasteiger partial charge in [-0.1, -0.05) is 159 Å². The minimum absolute atomic E-state index is 0. The maximum absolute atomic E-state index is 9.11. The van der Waals surface area contributed by atoms with Crippen LogP contribution in [0.3, 0.4) is 0 Å². The second-order valence-electron chi connectivity index (χ2n) is 20.0. The molecule has 7 aromatic carbocycles. The van der Waals surface area contributed by atoms with Gasteiger partial charge in [0.2, 0.25) is 0 Å². The van der Waals surface area contributed by atoms with Gasteiger partial charge in [0.05, 0.1) is 5.48 Å². The van der Waals surface area contributed by atoms with E-state index >= 15 is 0 Å². The van der Waals surface area contributed by atoms with Gasteiger partial charge < -0.3 is 19.1 Å². The number of aromatic nitrogens is 2. The van der Waals surface area contributed by atoms with Crippen molar-refractivity contribution in [1.82, 2.24) is 9.55 Å². The summed E-state index contributed by atoms with van der Waals surface area (Å²) in [5, 5.41) is 1.01. The fraction of sp³-hybridized carbons (Fsp3) is 0.200. The van der Waals surface area contributed by atoms with Gasteiger partial charge in [-0.05, 0) is 86.3 Å². The molecule has 1 aliphatic heterocycles. The van der Waals surface area contributed by atoms with Crippen molar-refractivity contribution in [2.45, 2.75) is 78.6 Å².